The Labute approximate surface area is 192 Å². The van der Waals surface area contributed by atoms with Gasteiger partial charge in [0.1, 0.15) is 5.75 Å². The number of nitrogens with one attached hydrogen (secondary N) is 3. The number of aryl methyl sites for hydroxylation is 1. The Bertz CT molecular complexity index is 1080. The third kappa shape index (κ3) is 7.50. The Hall–Kier alpha value is -4.10. The van der Waals surface area contributed by atoms with E-state index in [2.05, 4.69) is 36.0 Å². The molecule has 0 radical (unpaired) electrons. The van der Waals surface area contributed by atoms with Crippen LogP contribution in [0.15, 0.2) is 42.9 Å². The molecule has 14 heteroatoms. The van der Waals surface area contributed by atoms with Crippen molar-refractivity contribution in [1.82, 2.24) is 29.9 Å². The van der Waals surface area contributed by atoms with Crippen LogP contribution in [0.3, 0.4) is 0 Å². The monoisotopic (exact) mass is 480 g/mol. The molecule has 0 saturated heterocycles. The van der Waals surface area contributed by atoms with E-state index in [0.29, 0.717) is 19.6 Å². The molecular formula is C20H23F3N8O3. The second-order valence-electron chi connectivity index (χ2n) is 7.07. The predicted octanol–water partition coefficient (Wildman–Crippen LogP) is 3.25. The van der Waals surface area contributed by atoms with E-state index in [1.165, 1.54) is 18.3 Å². The fourth-order valence-electron chi connectivity index (χ4n) is 2.89. The summed E-state index contributed by atoms with van der Waals surface area (Å²) in [6.45, 7) is 3.27. The maximum Gasteiger partial charge on any atom is 0.573 e. The first-order chi connectivity index (χ1) is 16.2. The lowest BCUT2D eigenvalue weighted by Crippen LogP contribution is -2.30. The Kier molecular flexibility index (Phi) is 8.05. The number of hydrogen-bond acceptors (Lipinski definition) is 6. The van der Waals surface area contributed by atoms with Crippen molar-refractivity contribution in [1.29, 1.82) is 0 Å². The number of anilines is 2. The maximum atomic E-state index is 12.6. The number of ether oxygens (including phenoxy) is 1. The van der Waals surface area contributed by atoms with Gasteiger partial charge in [0.25, 0.3) is 5.91 Å². The molecule has 3 amide bonds. The predicted molar refractivity (Wildman–Crippen MR) is 115 cm³/mol. The molecule has 34 heavy (non-hydrogen) atoms. The van der Waals surface area contributed by atoms with Crippen molar-refractivity contribution in [2.75, 3.05) is 17.2 Å². The van der Waals surface area contributed by atoms with Crippen LogP contribution in [0, 0.1) is 0 Å². The van der Waals surface area contributed by atoms with Crippen LogP contribution >= 0.6 is 0 Å². The molecule has 0 aliphatic rings. The van der Waals surface area contributed by atoms with Crippen LogP contribution in [0.2, 0.25) is 0 Å². The summed E-state index contributed by atoms with van der Waals surface area (Å²) in [6, 6.07) is 3.99. The van der Waals surface area contributed by atoms with E-state index in [1.54, 1.807) is 21.6 Å². The SMILES string of the molecule is CCCCn1cc(NC(=O)Nc2ccc(OC(F)(F)F)cc2)nc1C(=O)NCCn1ccnn1. The van der Waals surface area contributed by atoms with Gasteiger partial charge in [-0.15, -0.1) is 18.3 Å². The molecule has 2 aromatic heterocycles. The number of hydrogen-bond donors (Lipinski definition) is 3. The molecule has 11 nitrogen and oxygen atoms in total. The molecule has 0 bridgehead atoms. The van der Waals surface area contributed by atoms with E-state index in [9.17, 15) is 22.8 Å². The van der Waals surface area contributed by atoms with Crippen molar-refractivity contribution in [3.05, 3.63) is 48.7 Å². The molecule has 0 aliphatic carbocycles. The minimum Gasteiger partial charge on any atom is -0.406 e. The zero-order chi connectivity index (χ0) is 24.6. The number of aromatic nitrogens is 5. The van der Waals surface area contributed by atoms with Crippen molar-refractivity contribution in [2.45, 2.75) is 39.2 Å². The Morgan fingerprint density at radius 3 is 2.53 bits per heavy atom. The lowest BCUT2D eigenvalue weighted by Gasteiger charge is -2.10. The third-order valence-electron chi connectivity index (χ3n) is 4.42. The summed E-state index contributed by atoms with van der Waals surface area (Å²) in [6.07, 6.45) is 1.64. The topological polar surface area (TPSA) is 128 Å². The zero-order valence-corrected chi connectivity index (χ0v) is 18.2. The van der Waals surface area contributed by atoms with Crippen molar-refractivity contribution < 1.29 is 27.5 Å². The molecule has 0 aliphatic heterocycles. The van der Waals surface area contributed by atoms with Crippen LogP contribution in [-0.4, -0.2) is 49.4 Å². The summed E-state index contributed by atoms with van der Waals surface area (Å²) in [7, 11) is 0. The summed E-state index contributed by atoms with van der Waals surface area (Å²) in [5, 5.41) is 15.3. The number of carbonyl (C=O) groups is 2. The minimum atomic E-state index is -4.80. The number of nitrogens with zero attached hydrogens (tertiary/aromatic N) is 5. The average Bonchev–Trinajstić information content (AvgIpc) is 3.42. The second kappa shape index (κ2) is 11.2. The molecule has 0 unspecified atom stereocenters. The van der Waals surface area contributed by atoms with Gasteiger partial charge in [-0.3, -0.25) is 14.8 Å². The number of benzene rings is 1. The molecular weight excluding hydrogens is 457 g/mol. The van der Waals surface area contributed by atoms with Gasteiger partial charge in [-0.25, -0.2) is 9.78 Å². The van der Waals surface area contributed by atoms with Gasteiger partial charge in [0, 0.05) is 31.2 Å². The van der Waals surface area contributed by atoms with Crippen LogP contribution in [0.4, 0.5) is 29.5 Å². The molecule has 182 valence electrons. The van der Waals surface area contributed by atoms with E-state index >= 15 is 0 Å². The van der Waals surface area contributed by atoms with E-state index < -0.39 is 24.1 Å². The standard InChI is InChI=1S/C20H23F3N8O3/c1-2-3-10-30-13-16(27-17(30)18(32)24-8-11-31-12-9-25-29-31)28-19(33)26-14-4-6-15(7-5-14)34-20(21,22)23/h4-7,9,12-13H,2-3,8,10-11H2,1H3,(H,24,32)(H2,26,28,33). The van der Waals surface area contributed by atoms with E-state index in [-0.39, 0.29) is 17.3 Å². The van der Waals surface area contributed by atoms with Gasteiger partial charge in [0.15, 0.2) is 5.82 Å². The molecule has 2 heterocycles. The lowest BCUT2D eigenvalue weighted by molar-refractivity contribution is -0.274. The largest absolute Gasteiger partial charge is 0.573 e. The minimum absolute atomic E-state index is 0.135. The van der Waals surface area contributed by atoms with Crippen LogP contribution in [-0.2, 0) is 13.1 Å². The number of amides is 3. The van der Waals surface area contributed by atoms with Gasteiger partial charge in [0.2, 0.25) is 5.82 Å². The Morgan fingerprint density at radius 2 is 1.88 bits per heavy atom. The summed E-state index contributed by atoms with van der Waals surface area (Å²) >= 11 is 0. The second-order valence-corrected chi connectivity index (χ2v) is 7.07. The highest BCUT2D eigenvalue weighted by molar-refractivity contribution is 5.99. The summed E-state index contributed by atoms with van der Waals surface area (Å²) < 4.78 is 43.8. The van der Waals surface area contributed by atoms with Gasteiger partial charge >= 0.3 is 12.4 Å². The van der Waals surface area contributed by atoms with Crippen molar-refractivity contribution >= 4 is 23.4 Å². The fourth-order valence-corrected chi connectivity index (χ4v) is 2.89. The highest BCUT2D eigenvalue weighted by atomic mass is 19.4. The molecule has 0 saturated carbocycles. The number of halogens is 3. The number of rotatable bonds is 10. The van der Waals surface area contributed by atoms with Crippen LogP contribution in [0.25, 0.3) is 0 Å². The van der Waals surface area contributed by atoms with E-state index in [4.69, 9.17) is 0 Å². The summed E-state index contributed by atoms with van der Waals surface area (Å²) in [5.41, 5.74) is 0.239. The highest BCUT2D eigenvalue weighted by Gasteiger charge is 2.31. The van der Waals surface area contributed by atoms with Gasteiger partial charge in [-0.05, 0) is 30.7 Å². The molecule has 1 aromatic carbocycles. The average molecular weight is 480 g/mol. The van der Waals surface area contributed by atoms with Gasteiger partial charge in [-0.1, -0.05) is 18.6 Å². The number of carbonyl (C=O) groups excluding carboxylic acids is 2. The van der Waals surface area contributed by atoms with E-state index in [0.717, 1.165) is 25.0 Å². The highest BCUT2D eigenvalue weighted by Crippen LogP contribution is 2.24. The number of unbranched alkanes of at least 4 members (excludes halogenated alkanes) is 1. The first-order valence-corrected chi connectivity index (χ1v) is 10.4. The van der Waals surface area contributed by atoms with Crippen molar-refractivity contribution in [3.63, 3.8) is 0 Å². The normalized spacial score (nSPS) is 11.2. The zero-order valence-electron chi connectivity index (χ0n) is 18.2. The number of alkyl halides is 3. The summed E-state index contributed by atoms with van der Waals surface area (Å²) in [5.74, 6) is -0.541. The van der Waals surface area contributed by atoms with Crippen LogP contribution < -0.4 is 20.7 Å². The van der Waals surface area contributed by atoms with Gasteiger partial charge < -0.3 is 19.9 Å². The maximum absolute atomic E-state index is 12.6. The third-order valence-corrected chi connectivity index (χ3v) is 4.42. The molecule has 0 fully saturated rings. The fraction of sp³-hybridized carbons (Fsp3) is 0.350. The van der Waals surface area contributed by atoms with E-state index in [1.807, 2.05) is 6.92 Å². The quantitative estimate of drug-likeness (QED) is 0.409. The van der Waals surface area contributed by atoms with Crippen LogP contribution in [0.1, 0.15) is 30.4 Å². The van der Waals surface area contributed by atoms with Gasteiger partial charge in [0.05, 0.1) is 12.7 Å². The molecule has 0 spiro atoms. The molecule has 3 aromatic rings. The van der Waals surface area contributed by atoms with Gasteiger partial charge in [-0.2, -0.15) is 0 Å². The molecule has 3 rings (SSSR count). The first kappa shape index (κ1) is 24.5. The molecule has 0 atom stereocenters. The van der Waals surface area contributed by atoms with Crippen molar-refractivity contribution in [3.8, 4) is 5.75 Å². The molecule has 3 N–H and O–H groups in total. The first-order valence-electron chi connectivity index (χ1n) is 10.4. The lowest BCUT2D eigenvalue weighted by atomic mass is 10.3. The Morgan fingerprint density at radius 1 is 1.12 bits per heavy atom. The van der Waals surface area contributed by atoms with Crippen LogP contribution in [0.5, 0.6) is 5.75 Å². The summed E-state index contributed by atoms with van der Waals surface area (Å²) in [4.78, 5) is 29.1. The number of imidazole rings is 1. The Balaban J connectivity index is 1.60. The smallest absolute Gasteiger partial charge is 0.406 e. The van der Waals surface area contributed by atoms with Crippen molar-refractivity contribution in [2.24, 2.45) is 0 Å². The number of urea groups is 1.